The summed E-state index contributed by atoms with van der Waals surface area (Å²) >= 11 is 0. The first-order valence-electron chi connectivity index (χ1n) is 15.9. The Morgan fingerprint density at radius 3 is 0.444 bits per heavy atom. The molecule has 0 saturated heterocycles. The highest BCUT2D eigenvalue weighted by Crippen LogP contribution is 2.33. The van der Waals surface area contributed by atoms with Crippen molar-refractivity contribution in [2.45, 2.75) is 64.2 Å². The van der Waals surface area contributed by atoms with Gasteiger partial charge in [0.1, 0.15) is 28.7 Å². The molecule has 1 aliphatic carbocycles. The van der Waals surface area contributed by atoms with E-state index in [1.54, 1.807) is 0 Å². The zero-order chi connectivity index (χ0) is 31.3. The van der Waals surface area contributed by atoms with Crippen LogP contribution in [0.3, 0.4) is 0 Å². The molecule has 0 aromatic heterocycles. The van der Waals surface area contributed by atoms with Crippen molar-refractivity contribution in [2.75, 3.05) is 0 Å². The van der Waals surface area contributed by atoms with E-state index in [2.05, 4.69) is 0 Å². The number of phenols is 5. The summed E-state index contributed by atoms with van der Waals surface area (Å²) in [5, 5.41) is 55.7. The summed E-state index contributed by atoms with van der Waals surface area (Å²) in [5.74, 6) is 1.32. The van der Waals surface area contributed by atoms with Gasteiger partial charge in [-0.1, -0.05) is 91.0 Å². The minimum atomic E-state index is 0.264. The summed E-state index contributed by atoms with van der Waals surface area (Å²) in [6.07, 6.45) is 5.77. The van der Waals surface area contributed by atoms with Gasteiger partial charge in [-0.05, 0) is 120 Å². The number of fused-ring (bicyclic) bond motifs is 10. The van der Waals surface area contributed by atoms with E-state index in [-0.39, 0.29) is 28.7 Å². The van der Waals surface area contributed by atoms with E-state index in [4.69, 9.17) is 0 Å². The molecule has 5 heteroatoms. The molecule has 0 radical (unpaired) electrons. The Bertz CT molecular complexity index is 1400. The molecule has 0 spiro atoms. The molecule has 5 aromatic rings. The summed E-state index contributed by atoms with van der Waals surface area (Å²) in [5.41, 5.74) is 8.24. The zero-order valence-corrected chi connectivity index (χ0v) is 25.5. The van der Waals surface area contributed by atoms with Crippen LogP contribution in [0.15, 0.2) is 91.0 Å². The van der Waals surface area contributed by atoms with Crippen LogP contribution in [0.2, 0.25) is 0 Å². The van der Waals surface area contributed by atoms with Crippen LogP contribution in [0, 0.1) is 0 Å². The van der Waals surface area contributed by atoms with Crippen molar-refractivity contribution in [1.29, 1.82) is 0 Å². The lowest BCUT2D eigenvalue weighted by Gasteiger charge is -2.14. The van der Waals surface area contributed by atoms with Gasteiger partial charge in [0, 0.05) is 0 Å². The van der Waals surface area contributed by atoms with E-state index in [9.17, 15) is 25.5 Å². The molecular formula is C40H40O5. The normalized spacial score (nSPS) is 14.2. The SMILES string of the molecule is Oc1c2cccc1CCc1cccc(c1O)CCc1cccc(c1O)CCc1cccc(c1O)CCc1cccc(c1O)CC2. The number of aromatic hydroxyl groups is 5. The number of rotatable bonds is 0. The van der Waals surface area contributed by atoms with Gasteiger partial charge in [0.15, 0.2) is 0 Å². The molecule has 0 fully saturated rings. The van der Waals surface area contributed by atoms with Crippen molar-refractivity contribution >= 4 is 0 Å². The smallest absolute Gasteiger partial charge is 0.121 e. The Balaban J connectivity index is 1.34. The van der Waals surface area contributed by atoms with Crippen molar-refractivity contribution < 1.29 is 25.5 Å². The fourth-order valence-corrected chi connectivity index (χ4v) is 6.59. The van der Waals surface area contributed by atoms with Gasteiger partial charge in [0.05, 0.1) is 0 Å². The van der Waals surface area contributed by atoms with Gasteiger partial charge >= 0.3 is 0 Å². The Morgan fingerprint density at radius 1 is 0.222 bits per heavy atom. The van der Waals surface area contributed by atoms with Crippen LogP contribution < -0.4 is 0 Å². The van der Waals surface area contributed by atoms with Crippen LogP contribution in [0.1, 0.15) is 55.6 Å². The van der Waals surface area contributed by atoms with Gasteiger partial charge in [-0.3, -0.25) is 0 Å². The molecule has 0 atom stereocenters. The first-order chi connectivity index (χ1) is 21.9. The largest absolute Gasteiger partial charge is 0.507 e. The summed E-state index contributed by atoms with van der Waals surface area (Å²) in [6.45, 7) is 0. The molecule has 0 saturated carbocycles. The predicted octanol–water partition coefficient (Wildman–Crippen LogP) is 7.45. The maximum atomic E-state index is 11.1. The number of para-hydroxylation sites is 5. The van der Waals surface area contributed by atoms with Gasteiger partial charge in [0.25, 0.3) is 0 Å². The first kappa shape index (κ1) is 30.1. The highest BCUT2D eigenvalue weighted by molar-refractivity contribution is 5.48. The molecule has 0 unspecified atom stereocenters. The number of phenolic OH excluding ortho intramolecular Hbond substituents is 5. The molecule has 230 valence electrons. The summed E-state index contributed by atoms with van der Waals surface area (Å²) in [4.78, 5) is 0. The van der Waals surface area contributed by atoms with Gasteiger partial charge in [-0.2, -0.15) is 0 Å². The Kier molecular flexibility index (Phi) is 8.97. The average molecular weight is 601 g/mol. The van der Waals surface area contributed by atoms with E-state index in [0.29, 0.717) is 64.2 Å². The van der Waals surface area contributed by atoms with E-state index in [0.717, 1.165) is 55.6 Å². The Morgan fingerprint density at radius 2 is 0.333 bits per heavy atom. The van der Waals surface area contributed by atoms with Crippen molar-refractivity contribution in [3.8, 4) is 28.7 Å². The highest BCUT2D eigenvalue weighted by Gasteiger charge is 2.16. The Hall–Kier alpha value is -4.90. The van der Waals surface area contributed by atoms with Crippen molar-refractivity contribution in [3.63, 3.8) is 0 Å². The third-order valence-corrected chi connectivity index (χ3v) is 9.33. The maximum absolute atomic E-state index is 11.1. The van der Waals surface area contributed by atoms with E-state index < -0.39 is 0 Å². The highest BCUT2D eigenvalue weighted by atomic mass is 16.3. The second kappa shape index (κ2) is 13.4. The number of aryl methyl sites for hydroxylation is 10. The third-order valence-electron chi connectivity index (χ3n) is 9.33. The summed E-state index contributed by atoms with van der Waals surface area (Å²) < 4.78 is 0. The standard InChI is InChI=1S/C40H40O5/c41-36-26-6-1-7-27(36)17-19-29-9-3-11-31(38(29)43)21-23-33-13-5-15-35(40(33)45)25-24-34-14-4-12-32(39(34)44)22-20-30-10-2-8-28(18-16-26)37(30)42/h1-15,41-45H,16-25H2. The van der Waals surface area contributed by atoms with Crippen LogP contribution in [0.4, 0.5) is 0 Å². The molecular weight excluding hydrogens is 560 g/mol. The molecule has 1 aliphatic rings. The molecule has 6 rings (SSSR count). The number of hydrogen-bond acceptors (Lipinski definition) is 5. The molecule has 5 N–H and O–H groups in total. The molecule has 5 nitrogen and oxygen atoms in total. The van der Waals surface area contributed by atoms with Crippen molar-refractivity contribution in [2.24, 2.45) is 0 Å². The fraction of sp³-hybridized carbons (Fsp3) is 0.250. The molecule has 0 aliphatic heterocycles. The second-order valence-corrected chi connectivity index (χ2v) is 12.1. The lowest BCUT2D eigenvalue weighted by molar-refractivity contribution is 0.452. The number of hydrogen-bond donors (Lipinski definition) is 5. The predicted molar refractivity (Wildman–Crippen MR) is 178 cm³/mol. The van der Waals surface area contributed by atoms with E-state index >= 15 is 0 Å². The van der Waals surface area contributed by atoms with Crippen molar-refractivity contribution in [1.82, 2.24) is 0 Å². The average Bonchev–Trinajstić information content (AvgIpc) is 3.04. The zero-order valence-electron chi connectivity index (χ0n) is 25.5. The molecule has 5 aromatic carbocycles. The van der Waals surface area contributed by atoms with Gasteiger partial charge < -0.3 is 25.5 Å². The lowest BCUT2D eigenvalue weighted by atomic mass is 9.94. The summed E-state index contributed by atoms with van der Waals surface area (Å²) in [6, 6.07) is 29.0. The Labute approximate surface area is 264 Å². The van der Waals surface area contributed by atoms with E-state index in [1.165, 1.54) is 0 Å². The molecule has 0 heterocycles. The maximum Gasteiger partial charge on any atom is 0.121 e. The minimum absolute atomic E-state index is 0.264. The van der Waals surface area contributed by atoms with Crippen LogP contribution in [-0.2, 0) is 64.2 Å². The topological polar surface area (TPSA) is 101 Å². The lowest BCUT2D eigenvalue weighted by Crippen LogP contribution is -2.00. The van der Waals surface area contributed by atoms with Crippen LogP contribution in [-0.4, -0.2) is 25.5 Å². The monoisotopic (exact) mass is 600 g/mol. The van der Waals surface area contributed by atoms with Crippen molar-refractivity contribution in [3.05, 3.63) is 147 Å². The van der Waals surface area contributed by atoms with E-state index in [1.807, 2.05) is 91.0 Å². The van der Waals surface area contributed by atoms with Gasteiger partial charge in [-0.15, -0.1) is 0 Å². The fourth-order valence-electron chi connectivity index (χ4n) is 6.59. The van der Waals surface area contributed by atoms with Gasteiger partial charge in [-0.25, -0.2) is 0 Å². The third kappa shape index (κ3) is 6.63. The second-order valence-electron chi connectivity index (χ2n) is 12.1. The summed E-state index contributed by atoms with van der Waals surface area (Å²) in [7, 11) is 0. The molecule has 0 amide bonds. The molecule has 45 heavy (non-hydrogen) atoms. The van der Waals surface area contributed by atoms with Crippen LogP contribution in [0.25, 0.3) is 0 Å². The molecule has 10 bridgehead atoms. The first-order valence-corrected chi connectivity index (χ1v) is 15.9. The van der Waals surface area contributed by atoms with Gasteiger partial charge in [0.2, 0.25) is 0 Å². The minimum Gasteiger partial charge on any atom is -0.507 e. The van der Waals surface area contributed by atoms with Crippen LogP contribution in [0.5, 0.6) is 28.7 Å². The quantitative estimate of drug-likeness (QED) is 0.127. The number of benzene rings is 5. The van der Waals surface area contributed by atoms with Crippen LogP contribution >= 0.6 is 0 Å².